The fourth-order valence-electron chi connectivity index (χ4n) is 3.57. The maximum atomic E-state index is 6.00. The average Bonchev–Trinajstić information content (AvgIpc) is 3.09. The van der Waals surface area contributed by atoms with Crippen molar-refractivity contribution >= 4 is 23.0 Å². The molecule has 1 fully saturated rings. The van der Waals surface area contributed by atoms with E-state index in [4.69, 9.17) is 17.0 Å². The lowest BCUT2D eigenvalue weighted by Crippen LogP contribution is -2.31. The van der Waals surface area contributed by atoms with Crippen molar-refractivity contribution in [3.63, 3.8) is 0 Å². The standard InChI is InChI=1S/C22H28N2OS/c1-15-8-13-21(16(2)14-15)17(3)23-22(26)24-18-9-11-20(12-10-18)25-19-6-4-5-7-19/h8-14,17,19H,4-7H2,1-3H3,(H2,23,24,26)/t17-/m1/s1. The number of thiocarbonyl (C=S) groups is 1. The van der Waals surface area contributed by atoms with Crippen LogP contribution in [0.4, 0.5) is 5.69 Å². The summed E-state index contributed by atoms with van der Waals surface area (Å²) in [6, 6.07) is 14.7. The van der Waals surface area contributed by atoms with Crippen LogP contribution in [0.25, 0.3) is 0 Å². The molecule has 3 rings (SSSR count). The van der Waals surface area contributed by atoms with Crippen molar-refractivity contribution in [2.24, 2.45) is 0 Å². The van der Waals surface area contributed by atoms with Crippen LogP contribution in [0.15, 0.2) is 42.5 Å². The molecule has 2 N–H and O–H groups in total. The molecule has 0 amide bonds. The zero-order valence-corrected chi connectivity index (χ0v) is 16.7. The average molecular weight is 369 g/mol. The highest BCUT2D eigenvalue weighted by Crippen LogP contribution is 2.25. The van der Waals surface area contributed by atoms with Crippen LogP contribution < -0.4 is 15.4 Å². The minimum absolute atomic E-state index is 0.153. The number of hydrogen-bond acceptors (Lipinski definition) is 2. The molecule has 0 bridgehead atoms. The van der Waals surface area contributed by atoms with Crippen LogP contribution in [-0.4, -0.2) is 11.2 Å². The van der Waals surface area contributed by atoms with Gasteiger partial charge in [0, 0.05) is 5.69 Å². The maximum Gasteiger partial charge on any atom is 0.171 e. The summed E-state index contributed by atoms with van der Waals surface area (Å²) >= 11 is 5.48. The van der Waals surface area contributed by atoms with Gasteiger partial charge in [-0.25, -0.2) is 0 Å². The van der Waals surface area contributed by atoms with E-state index in [1.807, 2.05) is 24.3 Å². The first-order valence-electron chi connectivity index (χ1n) is 9.42. The highest BCUT2D eigenvalue weighted by atomic mass is 32.1. The van der Waals surface area contributed by atoms with Crippen LogP contribution in [0.3, 0.4) is 0 Å². The quantitative estimate of drug-likeness (QED) is 0.666. The molecule has 1 aliphatic rings. The third-order valence-corrected chi connectivity index (χ3v) is 5.18. The van der Waals surface area contributed by atoms with Crippen LogP contribution in [0, 0.1) is 13.8 Å². The van der Waals surface area contributed by atoms with E-state index in [9.17, 15) is 0 Å². The Morgan fingerprint density at radius 2 is 1.77 bits per heavy atom. The van der Waals surface area contributed by atoms with Gasteiger partial charge in [0.1, 0.15) is 5.75 Å². The fourth-order valence-corrected chi connectivity index (χ4v) is 3.86. The molecule has 26 heavy (non-hydrogen) atoms. The molecule has 0 spiro atoms. The largest absolute Gasteiger partial charge is 0.490 e. The van der Waals surface area contributed by atoms with Crippen LogP contribution in [0.1, 0.15) is 55.3 Å². The van der Waals surface area contributed by atoms with Gasteiger partial charge in [0.2, 0.25) is 0 Å². The van der Waals surface area contributed by atoms with E-state index in [0.717, 1.165) is 11.4 Å². The lowest BCUT2D eigenvalue weighted by Gasteiger charge is -2.20. The predicted octanol–water partition coefficient (Wildman–Crippen LogP) is 5.67. The summed E-state index contributed by atoms with van der Waals surface area (Å²) in [5.41, 5.74) is 4.79. The van der Waals surface area contributed by atoms with Crippen LogP contribution in [-0.2, 0) is 0 Å². The van der Waals surface area contributed by atoms with Gasteiger partial charge < -0.3 is 15.4 Å². The van der Waals surface area contributed by atoms with Gasteiger partial charge in [-0.05, 0) is 94.1 Å². The highest BCUT2D eigenvalue weighted by molar-refractivity contribution is 7.80. The normalized spacial score (nSPS) is 15.5. The summed E-state index contributed by atoms with van der Waals surface area (Å²) in [6.45, 7) is 6.38. The molecular formula is C22H28N2OS. The zero-order chi connectivity index (χ0) is 18.5. The molecule has 1 atom stereocenters. The minimum atomic E-state index is 0.153. The molecule has 4 heteroatoms. The van der Waals surface area contributed by atoms with Gasteiger partial charge in [0.15, 0.2) is 5.11 Å². The molecule has 0 saturated heterocycles. The summed E-state index contributed by atoms with van der Waals surface area (Å²) in [7, 11) is 0. The van der Waals surface area contributed by atoms with E-state index >= 15 is 0 Å². The van der Waals surface area contributed by atoms with Gasteiger partial charge in [-0.15, -0.1) is 0 Å². The second-order valence-corrected chi connectivity index (χ2v) is 7.64. The van der Waals surface area contributed by atoms with E-state index in [-0.39, 0.29) is 6.04 Å². The zero-order valence-electron chi connectivity index (χ0n) is 15.8. The van der Waals surface area contributed by atoms with Crippen molar-refractivity contribution in [2.45, 2.75) is 58.6 Å². The molecule has 1 aliphatic carbocycles. The first-order valence-corrected chi connectivity index (χ1v) is 9.83. The van der Waals surface area contributed by atoms with E-state index in [2.05, 4.69) is 49.6 Å². The molecule has 2 aromatic carbocycles. The molecule has 0 aromatic heterocycles. The molecule has 1 saturated carbocycles. The van der Waals surface area contributed by atoms with Crippen molar-refractivity contribution in [1.29, 1.82) is 0 Å². The third kappa shape index (κ3) is 4.98. The Bertz CT molecular complexity index is 751. The van der Waals surface area contributed by atoms with Crippen LogP contribution in [0.5, 0.6) is 5.75 Å². The Hall–Kier alpha value is -2.07. The summed E-state index contributed by atoms with van der Waals surface area (Å²) in [4.78, 5) is 0. The van der Waals surface area contributed by atoms with E-state index < -0.39 is 0 Å². The molecule has 0 radical (unpaired) electrons. The molecular weight excluding hydrogens is 340 g/mol. The van der Waals surface area contributed by atoms with Gasteiger partial charge in [0.05, 0.1) is 12.1 Å². The van der Waals surface area contributed by atoms with Gasteiger partial charge in [-0.1, -0.05) is 23.8 Å². The summed E-state index contributed by atoms with van der Waals surface area (Å²) in [6.07, 6.45) is 5.29. The van der Waals surface area contributed by atoms with Crippen molar-refractivity contribution in [3.05, 3.63) is 59.2 Å². The molecule has 0 aliphatic heterocycles. The lowest BCUT2D eigenvalue weighted by molar-refractivity contribution is 0.210. The Morgan fingerprint density at radius 3 is 2.42 bits per heavy atom. The minimum Gasteiger partial charge on any atom is -0.490 e. The molecule has 3 nitrogen and oxygen atoms in total. The Morgan fingerprint density at radius 1 is 1.08 bits per heavy atom. The highest BCUT2D eigenvalue weighted by Gasteiger charge is 2.16. The Kier molecular flexibility index (Phi) is 6.15. The SMILES string of the molecule is Cc1ccc([C@@H](C)NC(=S)Nc2ccc(OC3CCCC3)cc2)c(C)c1. The van der Waals surface area contributed by atoms with Crippen molar-refractivity contribution in [2.75, 3.05) is 5.32 Å². The molecule has 0 heterocycles. The number of hydrogen-bond donors (Lipinski definition) is 2. The van der Waals surface area contributed by atoms with E-state index in [1.165, 1.54) is 42.4 Å². The topological polar surface area (TPSA) is 33.3 Å². The van der Waals surface area contributed by atoms with Gasteiger partial charge >= 0.3 is 0 Å². The van der Waals surface area contributed by atoms with Gasteiger partial charge in [-0.2, -0.15) is 0 Å². The van der Waals surface area contributed by atoms with Gasteiger partial charge in [-0.3, -0.25) is 0 Å². The second kappa shape index (κ2) is 8.54. The molecule has 2 aromatic rings. The number of benzene rings is 2. The van der Waals surface area contributed by atoms with E-state index in [1.54, 1.807) is 0 Å². The number of ether oxygens (including phenoxy) is 1. The first-order chi connectivity index (χ1) is 12.5. The van der Waals surface area contributed by atoms with Crippen molar-refractivity contribution in [3.8, 4) is 5.75 Å². The molecule has 0 unspecified atom stereocenters. The van der Waals surface area contributed by atoms with Crippen LogP contribution >= 0.6 is 12.2 Å². The summed E-state index contributed by atoms with van der Waals surface area (Å²) < 4.78 is 6.00. The van der Waals surface area contributed by atoms with Crippen molar-refractivity contribution in [1.82, 2.24) is 5.32 Å². The smallest absolute Gasteiger partial charge is 0.171 e. The maximum absolute atomic E-state index is 6.00. The lowest BCUT2D eigenvalue weighted by atomic mass is 10.0. The molecule has 138 valence electrons. The third-order valence-electron chi connectivity index (χ3n) is 4.96. The summed E-state index contributed by atoms with van der Waals surface area (Å²) in [5, 5.41) is 7.25. The number of rotatable bonds is 5. The van der Waals surface area contributed by atoms with Gasteiger partial charge in [0.25, 0.3) is 0 Å². The second-order valence-electron chi connectivity index (χ2n) is 7.23. The number of anilines is 1. The van der Waals surface area contributed by atoms with Crippen LogP contribution in [0.2, 0.25) is 0 Å². The Balaban J connectivity index is 1.53. The number of aryl methyl sites for hydroxylation is 2. The first kappa shape index (κ1) is 18.7. The summed E-state index contributed by atoms with van der Waals surface area (Å²) in [5.74, 6) is 0.935. The Labute approximate surface area is 162 Å². The van der Waals surface area contributed by atoms with E-state index in [0.29, 0.717) is 11.2 Å². The predicted molar refractivity (Wildman–Crippen MR) is 113 cm³/mol. The van der Waals surface area contributed by atoms with Crippen molar-refractivity contribution < 1.29 is 4.74 Å². The fraction of sp³-hybridized carbons (Fsp3) is 0.409. The monoisotopic (exact) mass is 368 g/mol. The number of nitrogens with one attached hydrogen (secondary N) is 2.